The van der Waals surface area contributed by atoms with Gasteiger partial charge in [-0.25, -0.2) is 0 Å². The van der Waals surface area contributed by atoms with Crippen LogP contribution in [0.5, 0.6) is 23.0 Å². The van der Waals surface area contributed by atoms with Crippen molar-refractivity contribution in [1.82, 2.24) is 9.13 Å². The predicted molar refractivity (Wildman–Crippen MR) is 209 cm³/mol. The highest BCUT2D eigenvalue weighted by Gasteiger charge is 2.24. The van der Waals surface area contributed by atoms with Crippen LogP contribution in [0, 0.1) is 0 Å². The first kappa shape index (κ1) is 31.2. The zero-order valence-corrected chi connectivity index (χ0v) is 28.9. The van der Waals surface area contributed by atoms with Crippen LogP contribution < -0.4 is 29.8 Å². The molecule has 0 spiro atoms. The molecule has 0 saturated carbocycles. The molecule has 0 bridgehead atoms. The second-order valence-corrected chi connectivity index (χ2v) is 12.7. The number of fused-ring (bicyclic) bond motifs is 6. The molecular weight excluding hydrogens is 652 g/mol. The number of methoxy groups -OCH3 is 4. The third-order valence-corrected chi connectivity index (χ3v) is 10.1. The highest BCUT2D eigenvalue weighted by molar-refractivity contribution is 6.09. The van der Waals surface area contributed by atoms with Gasteiger partial charge in [0.05, 0.1) is 72.7 Å². The van der Waals surface area contributed by atoms with Gasteiger partial charge in [-0.2, -0.15) is 0 Å². The van der Waals surface area contributed by atoms with Crippen LogP contribution in [0.15, 0.2) is 131 Å². The summed E-state index contributed by atoms with van der Waals surface area (Å²) in [5.74, 6) is 1.83. The largest absolute Gasteiger partial charge is 0.497 e. The van der Waals surface area contributed by atoms with Crippen molar-refractivity contribution < 1.29 is 18.9 Å². The molecule has 0 aliphatic rings. The fourth-order valence-corrected chi connectivity index (χ4v) is 7.68. The van der Waals surface area contributed by atoms with Gasteiger partial charge in [0.25, 0.3) is 0 Å². The second-order valence-electron chi connectivity index (χ2n) is 12.7. The summed E-state index contributed by atoms with van der Waals surface area (Å²) in [6.07, 6.45) is 0. The molecule has 0 atom stereocenters. The van der Waals surface area contributed by atoms with Crippen molar-refractivity contribution in [2.45, 2.75) is 0 Å². The van der Waals surface area contributed by atoms with E-state index in [0.717, 1.165) is 32.9 Å². The lowest BCUT2D eigenvalue weighted by Gasteiger charge is -2.22. The third-order valence-electron chi connectivity index (χ3n) is 10.1. The average molecular weight is 685 g/mol. The highest BCUT2D eigenvalue weighted by Crippen LogP contribution is 2.39. The number of ether oxygens (including phenoxy) is 4. The summed E-state index contributed by atoms with van der Waals surface area (Å²) in [6.45, 7) is 0. The maximum absolute atomic E-state index is 14.9. The Bertz CT molecular complexity index is 2850. The summed E-state index contributed by atoms with van der Waals surface area (Å²) >= 11 is 0. The average Bonchev–Trinajstić information content (AvgIpc) is 3.19. The molecule has 52 heavy (non-hydrogen) atoms. The van der Waals surface area contributed by atoms with Gasteiger partial charge < -0.3 is 28.1 Å². The van der Waals surface area contributed by atoms with Crippen molar-refractivity contribution in [3.05, 3.63) is 142 Å². The number of benzene rings is 7. The van der Waals surface area contributed by atoms with Crippen LogP contribution in [-0.2, 0) is 0 Å². The SMILES string of the molecule is COc1cc(OC)c2c(=O)c3cc4c(cc3n(-c3cccc5ccccc35)c2c1)c(=O)c1c(OC)cc(OC)cc1n4-c1cccc2ccccc12. The fourth-order valence-electron chi connectivity index (χ4n) is 7.68. The summed E-state index contributed by atoms with van der Waals surface area (Å²) in [5.41, 5.74) is 3.49. The van der Waals surface area contributed by atoms with Crippen LogP contribution >= 0.6 is 0 Å². The summed E-state index contributed by atoms with van der Waals surface area (Å²) in [6, 6.07) is 39.1. The molecule has 8 nitrogen and oxygen atoms in total. The van der Waals surface area contributed by atoms with E-state index in [0.29, 0.717) is 66.6 Å². The van der Waals surface area contributed by atoms with Crippen molar-refractivity contribution in [2.24, 2.45) is 0 Å². The first-order valence-corrected chi connectivity index (χ1v) is 16.8. The molecule has 0 amide bonds. The number of hydrogen-bond acceptors (Lipinski definition) is 6. The van der Waals surface area contributed by atoms with Crippen LogP contribution in [0.4, 0.5) is 0 Å². The van der Waals surface area contributed by atoms with E-state index >= 15 is 0 Å². The van der Waals surface area contributed by atoms with E-state index in [2.05, 4.69) is 36.4 Å². The summed E-state index contributed by atoms with van der Waals surface area (Å²) in [7, 11) is 6.26. The molecule has 0 aliphatic heterocycles. The minimum atomic E-state index is -0.233. The maximum Gasteiger partial charge on any atom is 0.201 e. The molecule has 9 aromatic rings. The molecule has 2 heterocycles. The molecule has 7 aromatic carbocycles. The van der Waals surface area contributed by atoms with Gasteiger partial charge >= 0.3 is 0 Å². The Balaban J connectivity index is 1.58. The van der Waals surface area contributed by atoms with E-state index in [-0.39, 0.29) is 10.9 Å². The molecule has 0 saturated heterocycles. The topological polar surface area (TPSA) is 80.9 Å². The standard InChI is InChI=1S/C44H32N2O6/c1-49-27-19-37-41(39(21-27)51-3)43(47)31-24-36-32(23-35(31)45(37)33-17-9-13-25-11-5-7-15-29(25)33)44(48)42-38(20-28(50-2)22-40(42)52-4)46(36)34-18-10-14-26-12-6-8-16-30(26)34/h5-24H,1-4H3. The number of rotatable bonds is 6. The first-order chi connectivity index (χ1) is 25.4. The molecular formula is C44H32N2O6. The van der Waals surface area contributed by atoms with Gasteiger partial charge in [-0.3, -0.25) is 9.59 Å². The van der Waals surface area contributed by atoms with Crippen molar-refractivity contribution >= 4 is 65.2 Å². The lowest BCUT2D eigenvalue weighted by atomic mass is 10.0. The predicted octanol–water partition coefficient (Wildman–Crippen LogP) is 8.94. The zero-order valence-electron chi connectivity index (χ0n) is 28.9. The second kappa shape index (κ2) is 11.9. The minimum Gasteiger partial charge on any atom is -0.497 e. The molecule has 0 N–H and O–H groups in total. The first-order valence-electron chi connectivity index (χ1n) is 16.8. The van der Waals surface area contributed by atoms with Gasteiger partial charge in [-0.1, -0.05) is 72.8 Å². The quantitative estimate of drug-likeness (QED) is 0.163. The normalized spacial score (nSPS) is 11.6. The van der Waals surface area contributed by atoms with E-state index in [1.807, 2.05) is 81.9 Å². The Morgan fingerprint density at radius 2 is 0.808 bits per heavy atom. The van der Waals surface area contributed by atoms with E-state index in [4.69, 9.17) is 18.9 Å². The van der Waals surface area contributed by atoms with Crippen molar-refractivity contribution in [2.75, 3.05) is 28.4 Å². The van der Waals surface area contributed by atoms with Gasteiger partial charge in [0, 0.05) is 45.8 Å². The van der Waals surface area contributed by atoms with Crippen LogP contribution in [-0.4, -0.2) is 37.6 Å². The van der Waals surface area contributed by atoms with E-state index < -0.39 is 0 Å². The van der Waals surface area contributed by atoms with Crippen molar-refractivity contribution in [3.63, 3.8) is 0 Å². The zero-order chi connectivity index (χ0) is 35.7. The Morgan fingerprint density at radius 1 is 0.404 bits per heavy atom. The van der Waals surface area contributed by atoms with E-state index in [1.165, 1.54) is 0 Å². The Kier molecular flexibility index (Phi) is 7.15. The molecule has 2 aromatic heterocycles. The van der Waals surface area contributed by atoms with Gasteiger partial charge in [0.15, 0.2) is 0 Å². The molecule has 9 rings (SSSR count). The van der Waals surface area contributed by atoms with Gasteiger partial charge in [0.1, 0.15) is 23.0 Å². The van der Waals surface area contributed by atoms with Crippen LogP contribution in [0.25, 0.3) is 76.5 Å². The summed E-state index contributed by atoms with van der Waals surface area (Å²) in [4.78, 5) is 29.8. The smallest absolute Gasteiger partial charge is 0.201 e. The Morgan fingerprint density at radius 3 is 1.21 bits per heavy atom. The number of nitrogens with zero attached hydrogens (tertiary/aromatic N) is 2. The third kappa shape index (κ3) is 4.47. The summed E-state index contributed by atoms with van der Waals surface area (Å²) in [5, 5.41) is 5.62. The van der Waals surface area contributed by atoms with E-state index in [9.17, 15) is 9.59 Å². The molecule has 0 unspecified atom stereocenters. The lowest BCUT2D eigenvalue weighted by molar-refractivity contribution is 0.397. The van der Waals surface area contributed by atoms with Crippen LogP contribution in [0.2, 0.25) is 0 Å². The fraction of sp³-hybridized carbons (Fsp3) is 0.0909. The van der Waals surface area contributed by atoms with Gasteiger partial charge in [-0.15, -0.1) is 0 Å². The van der Waals surface area contributed by atoms with Gasteiger partial charge in [0.2, 0.25) is 10.9 Å². The molecule has 0 radical (unpaired) electrons. The highest BCUT2D eigenvalue weighted by atomic mass is 16.5. The molecule has 8 heteroatoms. The Labute approximate surface area is 297 Å². The lowest BCUT2D eigenvalue weighted by Crippen LogP contribution is -2.16. The van der Waals surface area contributed by atoms with E-state index in [1.54, 1.807) is 40.6 Å². The number of aromatic nitrogens is 2. The minimum absolute atomic E-state index is 0.233. The van der Waals surface area contributed by atoms with Crippen LogP contribution in [0.1, 0.15) is 0 Å². The maximum atomic E-state index is 14.9. The van der Waals surface area contributed by atoms with Crippen molar-refractivity contribution in [1.29, 1.82) is 0 Å². The monoisotopic (exact) mass is 684 g/mol. The van der Waals surface area contributed by atoms with Crippen LogP contribution in [0.3, 0.4) is 0 Å². The number of pyridine rings is 2. The molecule has 254 valence electrons. The molecule has 0 fully saturated rings. The van der Waals surface area contributed by atoms with Crippen molar-refractivity contribution in [3.8, 4) is 34.4 Å². The molecule has 0 aliphatic carbocycles. The summed E-state index contributed by atoms with van der Waals surface area (Å²) < 4.78 is 27.2. The van der Waals surface area contributed by atoms with Gasteiger partial charge in [-0.05, 0) is 35.0 Å². The Hall–Kier alpha value is -6.80. The number of hydrogen-bond donors (Lipinski definition) is 0.